The quantitative estimate of drug-likeness (QED) is 0.673. The number of rotatable bonds is 5. The molecular formula is C16H21Cl2N5O. The van der Waals surface area contributed by atoms with Crippen molar-refractivity contribution in [2.75, 3.05) is 5.32 Å². The van der Waals surface area contributed by atoms with E-state index < -0.39 is 0 Å². The van der Waals surface area contributed by atoms with Crippen molar-refractivity contribution >= 4 is 40.9 Å². The Labute approximate surface area is 151 Å². The fourth-order valence-corrected chi connectivity index (χ4v) is 3.01. The summed E-state index contributed by atoms with van der Waals surface area (Å²) in [6.45, 7) is 4.59. The molecule has 24 heavy (non-hydrogen) atoms. The van der Waals surface area contributed by atoms with E-state index in [1.54, 1.807) is 6.26 Å². The van der Waals surface area contributed by atoms with Crippen molar-refractivity contribution in [3.8, 4) is 0 Å². The molecule has 0 spiro atoms. The largest absolute Gasteiger partial charge is 0.467 e. The van der Waals surface area contributed by atoms with E-state index >= 15 is 0 Å². The first-order valence-electron chi connectivity index (χ1n) is 7.50. The maximum Gasteiger partial charge on any atom is 0.226 e. The fourth-order valence-electron chi connectivity index (χ4n) is 2.84. The predicted molar refractivity (Wildman–Crippen MR) is 98.9 cm³/mol. The van der Waals surface area contributed by atoms with Crippen LogP contribution in [0.1, 0.15) is 23.9 Å². The van der Waals surface area contributed by atoms with Crippen molar-refractivity contribution in [2.45, 2.75) is 32.9 Å². The molecule has 3 heterocycles. The van der Waals surface area contributed by atoms with Gasteiger partial charge in [-0.15, -0.1) is 12.4 Å². The molecule has 0 saturated carbocycles. The highest BCUT2D eigenvalue weighted by atomic mass is 35.5. The van der Waals surface area contributed by atoms with Gasteiger partial charge in [0.25, 0.3) is 0 Å². The van der Waals surface area contributed by atoms with Crippen LogP contribution in [-0.2, 0) is 20.0 Å². The van der Waals surface area contributed by atoms with Crippen LogP contribution in [-0.4, -0.2) is 20.6 Å². The highest BCUT2D eigenvalue weighted by Crippen LogP contribution is 2.30. The zero-order valence-corrected chi connectivity index (χ0v) is 15.4. The molecule has 0 bridgehead atoms. The van der Waals surface area contributed by atoms with Crippen molar-refractivity contribution < 1.29 is 4.42 Å². The molecule has 3 rings (SSSR count). The molecular weight excluding hydrogens is 349 g/mol. The van der Waals surface area contributed by atoms with Gasteiger partial charge in [-0.2, -0.15) is 4.98 Å². The van der Waals surface area contributed by atoms with Crippen LogP contribution in [0.2, 0.25) is 5.28 Å². The Kier molecular flexibility index (Phi) is 5.74. The first-order chi connectivity index (χ1) is 11.0. The highest BCUT2D eigenvalue weighted by molar-refractivity contribution is 6.28. The maximum absolute atomic E-state index is 6.10. The third kappa shape index (κ3) is 3.50. The number of hydrogen-bond acceptors (Lipinski definition) is 5. The molecule has 3 N–H and O–H groups in total. The monoisotopic (exact) mass is 369 g/mol. The van der Waals surface area contributed by atoms with Crippen molar-refractivity contribution in [3.63, 3.8) is 0 Å². The van der Waals surface area contributed by atoms with Crippen molar-refractivity contribution in [1.29, 1.82) is 0 Å². The Morgan fingerprint density at radius 3 is 2.79 bits per heavy atom. The zero-order valence-electron chi connectivity index (χ0n) is 13.8. The minimum atomic E-state index is 0. The lowest BCUT2D eigenvalue weighted by molar-refractivity contribution is 0.518. The minimum absolute atomic E-state index is 0. The van der Waals surface area contributed by atoms with Gasteiger partial charge in [0, 0.05) is 25.2 Å². The molecule has 0 aliphatic rings. The zero-order chi connectivity index (χ0) is 16.6. The van der Waals surface area contributed by atoms with Crippen LogP contribution < -0.4 is 11.1 Å². The number of anilines is 1. The van der Waals surface area contributed by atoms with Crippen LogP contribution in [0.25, 0.3) is 11.0 Å². The Morgan fingerprint density at radius 2 is 2.17 bits per heavy atom. The van der Waals surface area contributed by atoms with Gasteiger partial charge in [-0.05, 0) is 43.1 Å². The summed E-state index contributed by atoms with van der Waals surface area (Å²) in [5, 5.41) is 4.48. The average Bonchev–Trinajstić information content (AvgIpc) is 3.08. The molecule has 0 radical (unpaired) electrons. The highest BCUT2D eigenvalue weighted by Gasteiger charge is 2.19. The van der Waals surface area contributed by atoms with Gasteiger partial charge >= 0.3 is 0 Å². The molecule has 8 heteroatoms. The molecule has 6 nitrogen and oxygen atoms in total. The topological polar surface area (TPSA) is 81.9 Å². The summed E-state index contributed by atoms with van der Waals surface area (Å²) >= 11 is 6.10. The van der Waals surface area contributed by atoms with Crippen LogP contribution >= 0.6 is 24.0 Å². The van der Waals surface area contributed by atoms with Crippen LogP contribution in [0.3, 0.4) is 0 Å². The standard InChI is InChI=1S/C16H20ClN5O.ClH/c1-9(18)7-12-10(2)13-14(19-8-11-5-4-6-23-11)20-16(17)21-15(13)22(12)3;/h4-6,9H,7-8,18H2,1-3H3,(H,19,20,21);1H. The van der Waals surface area contributed by atoms with Gasteiger partial charge in [0.2, 0.25) is 5.28 Å². The Balaban J connectivity index is 0.00000208. The Morgan fingerprint density at radius 1 is 1.42 bits per heavy atom. The fraction of sp³-hybridized carbons (Fsp3) is 0.375. The van der Waals surface area contributed by atoms with Gasteiger partial charge in [0.15, 0.2) is 0 Å². The van der Waals surface area contributed by atoms with Crippen LogP contribution in [0.4, 0.5) is 5.82 Å². The number of furan rings is 1. The third-order valence-electron chi connectivity index (χ3n) is 3.92. The maximum atomic E-state index is 6.10. The normalized spacial score (nSPS) is 12.2. The molecule has 0 aliphatic carbocycles. The van der Waals surface area contributed by atoms with Gasteiger partial charge in [0.05, 0.1) is 18.2 Å². The van der Waals surface area contributed by atoms with Crippen molar-refractivity contribution in [1.82, 2.24) is 14.5 Å². The summed E-state index contributed by atoms with van der Waals surface area (Å²) in [4.78, 5) is 8.73. The molecule has 0 fully saturated rings. The number of nitrogens with one attached hydrogen (secondary N) is 1. The molecule has 130 valence electrons. The summed E-state index contributed by atoms with van der Waals surface area (Å²) in [6.07, 6.45) is 2.42. The van der Waals surface area contributed by atoms with E-state index in [4.69, 9.17) is 21.8 Å². The second kappa shape index (κ2) is 7.42. The van der Waals surface area contributed by atoms with E-state index in [0.717, 1.165) is 34.5 Å². The minimum Gasteiger partial charge on any atom is -0.467 e. The Hall–Kier alpha value is -1.76. The van der Waals surface area contributed by atoms with E-state index in [2.05, 4.69) is 22.2 Å². The van der Waals surface area contributed by atoms with Gasteiger partial charge in [0.1, 0.15) is 17.2 Å². The second-order valence-corrected chi connectivity index (χ2v) is 6.12. The average molecular weight is 370 g/mol. The molecule has 0 aliphatic heterocycles. The number of nitrogens with zero attached hydrogens (tertiary/aromatic N) is 3. The Bertz CT molecular complexity index is 827. The summed E-state index contributed by atoms with van der Waals surface area (Å²) in [6, 6.07) is 3.83. The number of halogens is 2. The molecule has 1 atom stereocenters. The number of aryl methyl sites for hydroxylation is 2. The SMILES string of the molecule is Cc1c(CC(C)N)n(C)c2nc(Cl)nc(NCc3ccco3)c12.Cl. The number of nitrogens with two attached hydrogens (primary N) is 1. The molecule has 3 aromatic heterocycles. The lowest BCUT2D eigenvalue weighted by Gasteiger charge is -2.07. The van der Waals surface area contributed by atoms with Gasteiger partial charge in [-0.1, -0.05) is 0 Å². The van der Waals surface area contributed by atoms with E-state index in [9.17, 15) is 0 Å². The summed E-state index contributed by atoms with van der Waals surface area (Å²) in [5.41, 5.74) is 9.05. The van der Waals surface area contributed by atoms with Crippen LogP contribution in [0, 0.1) is 6.92 Å². The second-order valence-electron chi connectivity index (χ2n) is 5.78. The number of fused-ring (bicyclic) bond motifs is 1. The molecule has 3 aromatic rings. The van der Waals surface area contributed by atoms with Crippen LogP contribution in [0.5, 0.6) is 0 Å². The lowest BCUT2D eigenvalue weighted by atomic mass is 10.1. The molecule has 1 unspecified atom stereocenters. The first kappa shape index (κ1) is 18.6. The summed E-state index contributed by atoms with van der Waals surface area (Å²) < 4.78 is 7.39. The van der Waals surface area contributed by atoms with E-state index in [0.29, 0.717) is 12.4 Å². The van der Waals surface area contributed by atoms with Gasteiger partial charge in [-0.25, -0.2) is 4.98 Å². The van der Waals surface area contributed by atoms with E-state index in [-0.39, 0.29) is 23.7 Å². The molecule has 0 amide bonds. The summed E-state index contributed by atoms with van der Waals surface area (Å²) in [7, 11) is 1.98. The lowest BCUT2D eigenvalue weighted by Crippen LogP contribution is -2.20. The van der Waals surface area contributed by atoms with E-state index in [1.807, 2.05) is 30.7 Å². The van der Waals surface area contributed by atoms with Gasteiger partial charge in [-0.3, -0.25) is 0 Å². The molecule has 0 aromatic carbocycles. The predicted octanol–water partition coefficient (Wildman–Crippen LogP) is 3.45. The number of hydrogen-bond donors (Lipinski definition) is 2. The van der Waals surface area contributed by atoms with Gasteiger partial charge < -0.3 is 20.0 Å². The van der Waals surface area contributed by atoms with E-state index in [1.165, 1.54) is 0 Å². The molecule has 0 saturated heterocycles. The first-order valence-corrected chi connectivity index (χ1v) is 7.88. The summed E-state index contributed by atoms with van der Waals surface area (Å²) in [5.74, 6) is 1.54. The third-order valence-corrected chi connectivity index (χ3v) is 4.09. The van der Waals surface area contributed by atoms with Crippen molar-refractivity contribution in [3.05, 3.63) is 40.7 Å². The number of aromatic nitrogens is 3. The smallest absolute Gasteiger partial charge is 0.226 e. The van der Waals surface area contributed by atoms with Crippen molar-refractivity contribution in [2.24, 2.45) is 12.8 Å². The van der Waals surface area contributed by atoms with Crippen LogP contribution in [0.15, 0.2) is 22.8 Å².